The molecule has 148 valence electrons. The van der Waals surface area contributed by atoms with Crippen molar-refractivity contribution in [1.29, 1.82) is 0 Å². The Balaban J connectivity index is 1.50. The molecule has 2 aromatic carbocycles. The van der Waals surface area contributed by atoms with E-state index in [-0.39, 0.29) is 11.8 Å². The van der Waals surface area contributed by atoms with Crippen LogP contribution in [0.2, 0.25) is 5.02 Å². The summed E-state index contributed by atoms with van der Waals surface area (Å²) in [6.07, 6.45) is 2.50. The monoisotopic (exact) mass is 399 g/mol. The van der Waals surface area contributed by atoms with E-state index in [1.165, 1.54) is 0 Å². The van der Waals surface area contributed by atoms with E-state index in [4.69, 9.17) is 11.6 Å². The quantitative estimate of drug-likeness (QED) is 0.692. The predicted molar refractivity (Wildman–Crippen MR) is 114 cm³/mol. The van der Waals surface area contributed by atoms with Crippen molar-refractivity contribution >= 4 is 34.8 Å². The Morgan fingerprint density at radius 2 is 1.75 bits per heavy atom. The third kappa shape index (κ3) is 6.08. The molecule has 0 radical (unpaired) electrons. The van der Waals surface area contributed by atoms with Crippen LogP contribution >= 0.6 is 11.6 Å². The first-order chi connectivity index (χ1) is 13.4. The van der Waals surface area contributed by atoms with Gasteiger partial charge in [0.25, 0.3) is 0 Å². The van der Waals surface area contributed by atoms with Crippen LogP contribution in [0.3, 0.4) is 0 Å². The van der Waals surface area contributed by atoms with E-state index < -0.39 is 0 Å². The lowest BCUT2D eigenvalue weighted by atomic mass is 10.1. The number of benzene rings is 2. The minimum atomic E-state index is -0.0668. The number of nitrogens with zero attached hydrogens (tertiary/aromatic N) is 1. The molecule has 0 spiro atoms. The Hall–Kier alpha value is -2.37. The first-order valence-corrected chi connectivity index (χ1v) is 9.95. The molecule has 0 bridgehead atoms. The van der Waals surface area contributed by atoms with Gasteiger partial charge in [-0.25, -0.2) is 0 Å². The minimum Gasteiger partial charge on any atom is -0.326 e. The van der Waals surface area contributed by atoms with E-state index in [1.54, 1.807) is 24.3 Å². The fourth-order valence-electron chi connectivity index (χ4n) is 3.08. The van der Waals surface area contributed by atoms with E-state index in [9.17, 15) is 9.59 Å². The van der Waals surface area contributed by atoms with Crippen molar-refractivity contribution in [3.05, 3.63) is 58.6 Å². The van der Waals surface area contributed by atoms with E-state index in [2.05, 4.69) is 15.5 Å². The number of hydrogen-bond acceptors (Lipinski definition) is 3. The first-order valence-electron chi connectivity index (χ1n) is 9.57. The zero-order valence-electron chi connectivity index (χ0n) is 16.3. The Bertz CT molecular complexity index is 847. The molecule has 1 aliphatic carbocycles. The molecule has 0 heterocycles. The Kier molecular flexibility index (Phi) is 6.70. The minimum absolute atomic E-state index is 0.0429. The zero-order chi connectivity index (χ0) is 20.1. The number of carbonyl (C=O) groups excluding carboxylic acids is 2. The summed E-state index contributed by atoms with van der Waals surface area (Å²) >= 11 is 5.86. The van der Waals surface area contributed by atoms with Crippen molar-refractivity contribution in [3.8, 4) is 0 Å². The summed E-state index contributed by atoms with van der Waals surface area (Å²) in [6, 6.07) is 13.4. The van der Waals surface area contributed by atoms with Gasteiger partial charge in [-0.2, -0.15) is 0 Å². The van der Waals surface area contributed by atoms with E-state index in [1.807, 2.05) is 32.0 Å². The third-order valence-electron chi connectivity index (χ3n) is 4.83. The molecule has 6 heteroatoms. The largest absolute Gasteiger partial charge is 0.326 e. The van der Waals surface area contributed by atoms with Crippen LogP contribution in [-0.4, -0.2) is 35.8 Å². The maximum absolute atomic E-state index is 12.5. The van der Waals surface area contributed by atoms with Gasteiger partial charge in [0.1, 0.15) is 0 Å². The lowest BCUT2D eigenvalue weighted by molar-refractivity contribution is -0.119. The Morgan fingerprint density at radius 1 is 1.04 bits per heavy atom. The lowest BCUT2D eigenvalue weighted by Gasteiger charge is -2.21. The molecule has 2 amide bonds. The van der Waals surface area contributed by atoms with Crippen LogP contribution in [0.4, 0.5) is 11.4 Å². The van der Waals surface area contributed by atoms with Crippen LogP contribution in [0.1, 0.15) is 30.4 Å². The molecule has 28 heavy (non-hydrogen) atoms. The third-order valence-corrected chi connectivity index (χ3v) is 5.08. The summed E-state index contributed by atoms with van der Waals surface area (Å²) in [5, 5.41) is 6.50. The van der Waals surface area contributed by atoms with Gasteiger partial charge in [-0.05, 0) is 68.1 Å². The van der Waals surface area contributed by atoms with E-state index in [0.29, 0.717) is 30.6 Å². The van der Waals surface area contributed by atoms with Crippen molar-refractivity contribution in [2.75, 3.05) is 23.7 Å². The van der Waals surface area contributed by atoms with Crippen LogP contribution in [0.25, 0.3) is 0 Å². The first kappa shape index (κ1) is 20.4. The second-order valence-corrected chi connectivity index (χ2v) is 7.81. The Morgan fingerprint density at radius 3 is 2.43 bits per heavy atom. The smallest absolute Gasteiger partial charge is 0.238 e. The van der Waals surface area contributed by atoms with Crippen LogP contribution in [0.5, 0.6) is 0 Å². The Labute approximate surface area is 171 Å². The van der Waals surface area contributed by atoms with Gasteiger partial charge in [0, 0.05) is 35.4 Å². The van der Waals surface area contributed by atoms with E-state index >= 15 is 0 Å². The highest BCUT2D eigenvalue weighted by atomic mass is 35.5. The van der Waals surface area contributed by atoms with Crippen molar-refractivity contribution in [1.82, 2.24) is 4.90 Å². The molecular formula is C22H26ClN3O2. The fourth-order valence-corrected chi connectivity index (χ4v) is 3.20. The summed E-state index contributed by atoms with van der Waals surface area (Å²) in [6.45, 7) is 4.84. The standard InChI is InChI=1S/C22H26ClN3O2/c1-15-3-4-16(2)20(13-15)25-22(28)14-26(19-9-10-19)12-11-21(27)24-18-7-5-17(23)6-8-18/h3-8,13,19H,9-12,14H2,1-2H3,(H,24,27)(H,25,28). The van der Waals surface area contributed by atoms with Gasteiger partial charge in [-0.1, -0.05) is 23.7 Å². The van der Waals surface area contributed by atoms with Gasteiger partial charge in [0.15, 0.2) is 0 Å². The molecular weight excluding hydrogens is 374 g/mol. The summed E-state index contributed by atoms with van der Waals surface area (Å²) in [4.78, 5) is 26.9. The number of halogens is 1. The highest BCUT2D eigenvalue weighted by Crippen LogP contribution is 2.27. The molecule has 0 unspecified atom stereocenters. The maximum atomic E-state index is 12.5. The summed E-state index contributed by atoms with van der Waals surface area (Å²) < 4.78 is 0. The summed E-state index contributed by atoms with van der Waals surface area (Å²) in [5.41, 5.74) is 3.72. The number of carbonyl (C=O) groups is 2. The highest BCUT2D eigenvalue weighted by molar-refractivity contribution is 6.30. The zero-order valence-corrected chi connectivity index (χ0v) is 17.1. The lowest BCUT2D eigenvalue weighted by Crippen LogP contribution is -2.37. The molecule has 2 N–H and O–H groups in total. The number of hydrogen-bond donors (Lipinski definition) is 2. The number of aryl methyl sites for hydroxylation is 2. The molecule has 3 rings (SSSR count). The molecule has 2 aromatic rings. The van der Waals surface area contributed by atoms with Gasteiger partial charge in [-0.3, -0.25) is 14.5 Å². The molecule has 1 aliphatic rings. The molecule has 0 saturated heterocycles. The molecule has 5 nitrogen and oxygen atoms in total. The summed E-state index contributed by atoms with van der Waals surface area (Å²) in [5.74, 6) is -0.110. The van der Waals surface area contributed by atoms with Gasteiger partial charge in [-0.15, -0.1) is 0 Å². The van der Waals surface area contributed by atoms with Gasteiger partial charge in [0.05, 0.1) is 6.54 Å². The van der Waals surface area contributed by atoms with Crippen LogP contribution in [0, 0.1) is 13.8 Å². The second kappa shape index (κ2) is 9.22. The molecule has 1 saturated carbocycles. The van der Waals surface area contributed by atoms with Crippen LogP contribution in [-0.2, 0) is 9.59 Å². The highest BCUT2D eigenvalue weighted by Gasteiger charge is 2.30. The number of nitrogens with one attached hydrogen (secondary N) is 2. The predicted octanol–water partition coefficient (Wildman–Crippen LogP) is 4.39. The second-order valence-electron chi connectivity index (χ2n) is 7.37. The average molecular weight is 400 g/mol. The van der Waals surface area contributed by atoms with Crippen molar-refractivity contribution in [2.45, 2.75) is 39.2 Å². The van der Waals surface area contributed by atoms with E-state index in [0.717, 1.165) is 35.3 Å². The van der Waals surface area contributed by atoms with Crippen molar-refractivity contribution in [2.24, 2.45) is 0 Å². The summed E-state index contributed by atoms with van der Waals surface area (Å²) in [7, 11) is 0. The van der Waals surface area contributed by atoms with Crippen molar-refractivity contribution in [3.63, 3.8) is 0 Å². The molecule has 0 aromatic heterocycles. The van der Waals surface area contributed by atoms with Gasteiger partial charge in [0.2, 0.25) is 11.8 Å². The fraction of sp³-hybridized carbons (Fsp3) is 0.364. The number of amides is 2. The van der Waals surface area contributed by atoms with Crippen molar-refractivity contribution < 1.29 is 9.59 Å². The average Bonchev–Trinajstić information content (AvgIpc) is 3.49. The molecule has 1 fully saturated rings. The molecule has 0 atom stereocenters. The molecule has 0 aliphatic heterocycles. The number of anilines is 2. The number of rotatable bonds is 8. The maximum Gasteiger partial charge on any atom is 0.238 e. The SMILES string of the molecule is Cc1ccc(C)c(NC(=O)CN(CCC(=O)Nc2ccc(Cl)cc2)C2CC2)c1. The van der Waals surface area contributed by atoms with Gasteiger partial charge >= 0.3 is 0 Å². The topological polar surface area (TPSA) is 61.4 Å². The normalized spacial score (nSPS) is 13.4. The van der Waals surface area contributed by atoms with Crippen LogP contribution in [0.15, 0.2) is 42.5 Å². The van der Waals surface area contributed by atoms with Crippen LogP contribution < -0.4 is 10.6 Å². The van der Waals surface area contributed by atoms with Gasteiger partial charge < -0.3 is 10.6 Å².